The molecule has 0 radical (unpaired) electrons. The van der Waals surface area contributed by atoms with Crippen molar-refractivity contribution in [3.05, 3.63) is 0 Å². The molecule has 0 aromatic carbocycles. The standard InChI is InChI=1S/C13H24N2O4S/c1-5-6-10-12(17)15(9-11(16)14-10)7-8-20(18,19)13(2,3)4/h10H,5-9H2,1-4H3,(H,14,16). The van der Waals surface area contributed by atoms with Gasteiger partial charge in [0.1, 0.15) is 6.04 Å². The van der Waals surface area contributed by atoms with Crippen molar-refractivity contribution in [1.82, 2.24) is 10.2 Å². The van der Waals surface area contributed by atoms with Crippen LogP contribution in [0.15, 0.2) is 0 Å². The fourth-order valence-corrected chi connectivity index (χ4v) is 3.06. The molecular weight excluding hydrogens is 280 g/mol. The van der Waals surface area contributed by atoms with Crippen LogP contribution < -0.4 is 5.32 Å². The highest BCUT2D eigenvalue weighted by molar-refractivity contribution is 7.92. The molecule has 6 nitrogen and oxygen atoms in total. The quantitative estimate of drug-likeness (QED) is 0.793. The van der Waals surface area contributed by atoms with E-state index in [0.29, 0.717) is 6.42 Å². The van der Waals surface area contributed by atoms with Gasteiger partial charge in [-0.15, -0.1) is 0 Å². The van der Waals surface area contributed by atoms with Crippen LogP contribution in [0.25, 0.3) is 0 Å². The summed E-state index contributed by atoms with van der Waals surface area (Å²) in [5.74, 6) is -0.527. The van der Waals surface area contributed by atoms with Crippen molar-refractivity contribution >= 4 is 21.7 Å². The number of amides is 2. The first kappa shape index (κ1) is 16.9. The summed E-state index contributed by atoms with van der Waals surface area (Å²) in [7, 11) is -3.29. The number of nitrogens with zero attached hydrogens (tertiary/aromatic N) is 1. The van der Waals surface area contributed by atoms with Crippen molar-refractivity contribution in [3.8, 4) is 0 Å². The van der Waals surface area contributed by atoms with Gasteiger partial charge in [0.25, 0.3) is 0 Å². The molecule has 116 valence electrons. The maximum absolute atomic E-state index is 12.1. The maximum atomic E-state index is 12.1. The summed E-state index contributed by atoms with van der Waals surface area (Å²) in [5.41, 5.74) is 0. The molecule has 1 heterocycles. The third kappa shape index (κ3) is 3.94. The summed E-state index contributed by atoms with van der Waals surface area (Å²) in [6, 6.07) is -0.515. The minimum atomic E-state index is -3.29. The number of rotatable bonds is 5. The predicted molar refractivity (Wildman–Crippen MR) is 77.0 cm³/mol. The van der Waals surface area contributed by atoms with Crippen molar-refractivity contribution in [1.29, 1.82) is 0 Å². The zero-order valence-electron chi connectivity index (χ0n) is 12.6. The first-order valence-electron chi connectivity index (χ1n) is 6.89. The van der Waals surface area contributed by atoms with Crippen LogP contribution >= 0.6 is 0 Å². The van der Waals surface area contributed by atoms with Gasteiger partial charge in [-0.05, 0) is 27.2 Å². The van der Waals surface area contributed by atoms with Crippen LogP contribution in [0.4, 0.5) is 0 Å². The van der Waals surface area contributed by atoms with E-state index in [1.54, 1.807) is 20.8 Å². The third-order valence-corrected chi connectivity index (χ3v) is 6.01. The zero-order valence-corrected chi connectivity index (χ0v) is 13.4. The lowest BCUT2D eigenvalue weighted by Crippen LogP contribution is -2.58. The van der Waals surface area contributed by atoms with E-state index in [0.717, 1.165) is 6.42 Å². The van der Waals surface area contributed by atoms with Gasteiger partial charge in [0.15, 0.2) is 9.84 Å². The van der Waals surface area contributed by atoms with Crippen molar-refractivity contribution in [2.24, 2.45) is 0 Å². The van der Waals surface area contributed by atoms with Gasteiger partial charge in [0, 0.05) is 6.54 Å². The second-order valence-electron chi connectivity index (χ2n) is 6.10. The highest BCUT2D eigenvalue weighted by Crippen LogP contribution is 2.17. The zero-order chi connectivity index (χ0) is 15.6. The van der Waals surface area contributed by atoms with Gasteiger partial charge in [-0.3, -0.25) is 9.59 Å². The number of carbonyl (C=O) groups is 2. The van der Waals surface area contributed by atoms with Crippen molar-refractivity contribution in [3.63, 3.8) is 0 Å². The van der Waals surface area contributed by atoms with Gasteiger partial charge in [-0.1, -0.05) is 13.3 Å². The lowest BCUT2D eigenvalue weighted by Gasteiger charge is -2.33. The van der Waals surface area contributed by atoms with E-state index < -0.39 is 20.6 Å². The van der Waals surface area contributed by atoms with Crippen LogP contribution in [-0.4, -0.2) is 54.8 Å². The number of carbonyl (C=O) groups excluding carboxylic acids is 2. The van der Waals surface area contributed by atoms with Crippen molar-refractivity contribution in [2.45, 2.75) is 51.3 Å². The molecule has 0 spiro atoms. The smallest absolute Gasteiger partial charge is 0.245 e. The Balaban J connectivity index is 2.72. The number of piperazine rings is 1. The Bertz CT molecular complexity index is 479. The molecule has 0 aliphatic carbocycles. The largest absolute Gasteiger partial charge is 0.343 e. The second kappa shape index (κ2) is 6.11. The molecule has 1 aliphatic rings. The second-order valence-corrected chi connectivity index (χ2v) is 8.96. The Labute approximate surface area is 120 Å². The highest BCUT2D eigenvalue weighted by atomic mass is 32.2. The molecule has 1 fully saturated rings. The lowest BCUT2D eigenvalue weighted by atomic mass is 10.1. The number of hydrogen-bond donors (Lipinski definition) is 1. The van der Waals surface area contributed by atoms with Crippen LogP contribution in [-0.2, 0) is 19.4 Å². The van der Waals surface area contributed by atoms with E-state index in [4.69, 9.17) is 0 Å². The van der Waals surface area contributed by atoms with Gasteiger partial charge >= 0.3 is 0 Å². The maximum Gasteiger partial charge on any atom is 0.245 e. The minimum Gasteiger partial charge on any atom is -0.343 e. The molecule has 20 heavy (non-hydrogen) atoms. The molecule has 1 atom stereocenters. The normalized spacial score (nSPS) is 21.0. The molecular formula is C13H24N2O4S. The highest BCUT2D eigenvalue weighted by Gasteiger charge is 2.34. The molecule has 0 aromatic rings. The fourth-order valence-electron chi connectivity index (χ4n) is 1.98. The van der Waals surface area contributed by atoms with Gasteiger partial charge in [-0.25, -0.2) is 8.42 Å². The van der Waals surface area contributed by atoms with Crippen LogP contribution in [0.1, 0.15) is 40.5 Å². The minimum absolute atomic E-state index is 0.0568. The van der Waals surface area contributed by atoms with Crippen LogP contribution in [0, 0.1) is 0 Å². The van der Waals surface area contributed by atoms with E-state index in [1.807, 2.05) is 6.92 Å². The summed E-state index contributed by atoms with van der Waals surface area (Å²) >= 11 is 0. The molecule has 1 aliphatic heterocycles. The molecule has 0 bridgehead atoms. The molecule has 7 heteroatoms. The summed E-state index contributed by atoms with van der Waals surface area (Å²) in [4.78, 5) is 25.1. The van der Waals surface area contributed by atoms with E-state index in [-0.39, 0.29) is 30.7 Å². The van der Waals surface area contributed by atoms with E-state index in [9.17, 15) is 18.0 Å². The lowest BCUT2D eigenvalue weighted by molar-refractivity contribution is -0.144. The molecule has 1 rings (SSSR count). The first-order valence-corrected chi connectivity index (χ1v) is 8.54. The Kier molecular flexibility index (Phi) is 5.18. The van der Waals surface area contributed by atoms with E-state index >= 15 is 0 Å². The van der Waals surface area contributed by atoms with E-state index in [1.165, 1.54) is 4.90 Å². The van der Waals surface area contributed by atoms with Gasteiger partial charge < -0.3 is 10.2 Å². The first-order chi connectivity index (χ1) is 9.08. The van der Waals surface area contributed by atoms with Crippen LogP contribution in [0.3, 0.4) is 0 Å². The van der Waals surface area contributed by atoms with Gasteiger partial charge in [0.05, 0.1) is 17.0 Å². The number of sulfone groups is 1. The molecule has 1 unspecified atom stereocenters. The Morgan fingerprint density at radius 3 is 2.40 bits per heavy atom. The monoisotopic (exact) mass is 304 g/mol. The molecule has 1 N–H and O–H groups in total. The Morgan fingerprint density at radius 1 is 1.30 bits per heavy atom. The SMILES string of the molecule is CCCC1NC(=O)CN(CCS(=O)(=O)C(C)(C)C)C1=O. The Hall–Kier alpha value is -1.11. The fraction of sp³-hybridized carbons (Fsp3) is 0.846. The summed E-state index contributed by atoms with van der Waals surface area (Å²) < 4.78 is 23.3. The third-order valence-electron chi connectivity index (χ3n) is 3.42. The molecule has 0 aromatic heterocycles. The van der Waals surface area contributed by atoms with Gasteiger partial charge in [0.2, 0.25) is 11.8 Å². The average Bonchev–Trinajstić information content (AvgIpc) is 2.30. The van der Waals surface area contributed by atoms with Crippen LogP contribution in [0.2, 0.25) is 0 Å². The Morgan fingerprint density at radius 2 is 1.90 bits per heavy atom. The molecule has 2 amide bonds. The average molecular weight is 304 g/mol. The van der Waals surface area contributed by atoms with Crippen molar-refractivity contribution in [2.75, 3.05) is 18.8 Å². The summed E-state index contributed by atoms with van der Waals surface area (Å²) in [6.07, 6.45) is 1.36. The van der Waals surface area contributed by atoms with Crippen LogP contribution in [0.5, 0.6) is 0 Å². The molecule has 1 saturated heterocycles. The topological polar surface area (TPSA) is 83.6 Å². The van der Waals surface area contributed by atoms with E-state index in [2.05, 4.69) is 5.32 Å². The van der Waals surface area contributed by atoms with Gasteiger partial charge in [-0.2, -0.15) is 0 Å². The summed E-state index contributed by atoms with van der Waals surface area (Å²) in [6.45, 7) is 6.85. The summed E-state index contributed by atoms with van der Waals surface area (Å²) in [5, 5.41) is 2.64. The van der Waals surface area contributed by atoms with Crippen molar-refractivity contribution < 1.29 is 18.0 Å². The number of nitrogens with one attached hydrogen (secondary N) is 1. The molecule has 0 saturated carbocycles. The predicted octanol–water partition coefficient (Wildman–Crippen LogP) is 0.327. The number of hydrogen-bond acceptors (Lipinski definition) is 4.